The van der Waals surface area contributed by atoms with Crippen molar-refractivity contribution in [3.8, 4) is 0 Å². The predicted octanol–water partition coefficient (Wildman–Crippen LogP) is 3.61. The minimum absolute atomic E-state index is 0.00926. The molecule has 1 N–H and O–H groups in total. The van der Waals surface area contributed by atoms with E-state index in [9.17, 15) is 5.11 Å². The Balaban J connectivity index is 0.000000424. The summed E-state index contributed by atoms with van der Waals surface area (Å²) < 4.78 is 0. The van der Waals surface area contributed by atoms with Crippen LogP contribution in [0.5, 0.6) is 0 Å². The van der Waals surface area contributed by atoms with Gasteiger partial charge in [-0.1, -0.05) is 34.1 Å². The van der Waals surface area contributed by atoms with Gasteiger partial charge in [0.25, 0.3) is 0 Å². The molecule has 1 aliphatic rings. The lowest BCUT2D eigenvalue weighted by molar-refractivity contribution is 0.0963. The highest BCUT2D eigenvalue weighted by molar-refractivity contribution is 4.73. The molecule has 0 bridgehead atoms. The van der Waals surface area contributed by atoms with Gasteiger partial charge in [0.2, 0.25) is 0 Å². The Bertz CT molecular complexity index is 102. The fourth-order valence-corrected chi connectivity index (χ4v) is 1.77. The second-order valence-corrected chi connectivity index (χ2v) is 4.52. The summed E-state index contributed by atoms with van der Waals surface area (Å²) in [6.45, 7) is 8.81. The third-order valence-corrected chi connectivity index (χ3v) is 2.68. The first-order chi connectivity index (χ1) is 6.11. The standard InChI is InChI=1S/C9H18O.C3H8/c1-7(2)8-3-5-9(10)6-4-8;1-3-2/h7-10H,3-6H2,1-2H3;3H2,1-2H3. The zero-order valence-corrected chi connectivity index (χ0v) is 9.71. The van der Waals surface area contributed by atoms with E-state index in [-0.39, 0.29) is 6.10 Å². The molecule has 0 aliphatic heterocycles. The maximum atomic E-state index is 9.21. The second-order valence-electron chi connectivity index (χ2n) is 4.52. The van der Waals surface area contributed by atoms with E-state index in [0.717, 1.165) is 24.7 Å². The summed E-state index contributed by atoms with van der Waals surface area (Å²) in [7, 11) is 0. The Morgan fingerprint density at radius 2 is 1.46 bits per heavy atom. The summed E-state index contributed by atoms with van der Waals surface area (Å²) in [6, 6.07) is 0. The van der Waals surface area contributed by atoms with Crippen molar-refractivity contribution < 1.29 is 5.11 Å². The molecule has 1 saturated carbocycles. The fraction of sp³-hybridized carbons (Fsp3) is 1.00. The van der Waals surface area contributed by atoms with Crippen LogP contribution in [-0.2, 0) is 0 Å². The molecule has 1 fully saturated rings. The number of hydrogen-bond acceptors (Lipinski definition) is 1. The number of aliphatic hydroxyl groups is 1. The Labute approximate surface area is 83.5 Å². The van der Waals surface area contributed by atoms with Crippen molar-refractivity contribution in [1.29, 1.82) is 0 Å². The van der Waals surface area contributed by atoms with Gasteiger partial charge in [0.15, 0.2) is 0 Å². The number of rotatable bonds is 1. The first-order valence-electron chi connectivity index (χ1n) is 5.79. The van der Waals surface area contributed by atoms with Crippen molar-refractivity contribution in [2.75, 3.05) is 0 Å². The molecule has 0 radical (unpaired) electrons. The summed E-state index contributed by atoms with van der Waals surface area (Å²) in [5.41, 5.74) is 0. The van der Waals surface area contributed by atoms with Gasteiger partial charge >= 0.3 is 0 Å². The molecule has 0 saturated heterocycles. The fourth-order valence-electron chi connectivity index (χ4n) is 1.77. The summed E-state index contributed by atoms with van der Waals surface area (Å²) in [6.07, 6.45) is 5.79. The smallest absolute Gasteiger partial charge is 0.0540 e. The lowest BCUT2D eigenvalue weighted by atomic mass is 9.81. The Hall–Kier alpha value is -0.0400. The van der Waals surface area contributed by atoms with Crippen LogP contribution in [0.3, 0.4) is 0 Å². The van der Waals surface area contributed by atoms with Crippen LogP contribution in [0.4, 0.5) is 0 Å². The minimum atomic E-state index is 0.00926. The quantitative estimate of drug-likeness (QED) is 0.663. The lowest BCUT2D eigenvalue weighted by Crippen LogP contribution is -2.21. The molecule has 0 spiro atoms. The Morgan fingerprint density at radius 3 is 1.77 bits per heavy atom. The van der Waals surface area contributed by atoms with E-state index in [2.05, 4.69) is 27.7 Å². The molecule has 0 atom stereocenters. The highest BCUT2D eigenvalue weighted by Gasteiger charge is 2.21. The van der Waals surface area contributed by atoms with Crippen molar-refractivity contribution in [1.82, 2.24) is 0 Å². The average molecular weight is 186 g/mol. The summed E-state index contributed by atoms with van der Waals surface area (Å²) >= 11 is 0. The summed E-state index contributed by atoms with van der Waals surface area (Å²) in [4.78, 5) is 0. The number of aliphatic hydroxyl groups excluding tert-OH is 1. The van der Waals surface area contributed by atoms with Crippen LogP contribution in [0.1, 0.15) is 59.8 Å². The number of hydrogen-bond donors (Lipinski definition) is 1. The van der Waals surface area contributed by atoms with Gasteiger partial charge in [0.05, 0.1) is 6.10 Å². The maximum absolute atomic E-state index is 9.21. The maximum Gasteiger partial charge on any atom is 0.0540 e. The third kappa shape index (κ3) is 6.09. The Kier molecular flexibility index (Phi) is 7.35. The molecule has 1 nitrogen and oxygen atoms in total. The van der Waals surface area contributed by atoms with E-state index >= 15 is 0 Å². The highest BCUT2D eigenvalue weighted by atomic mass is 16.3. The van der Waals surface area contributed by atoms with Gasteiger partial charge in [-0.15, -0.1) is 0 Å². The molecule has 0 aromatic rings. The summed E-state index contributed by atoms with van der Waals surface area (Å²) in [5, 5.41) is 9.21. The zero-order valence-electron chi connectivity index (χ0n) is 9.71. The van der Waals surface area contributed by atoms with Gasteiger partial charge in [-0.2, -0.15) is 0 Å². The van der Waals surface area contributed by atoms with E-state index in [1.54, 1.807) is 0 Å². The molecule has 1 rings (SSSR count). The molecule has 80 valence electrons. The first kappa shape index (κ1) is 13.0. The minimum Gasteiger partial charge on any atom is -0.393 e. The van der Waals surface area contributed by atoms with Crippen molar-refractivity contribution in [3.63, 3.8) is 0 Å². The van der Waals surface area contributed by atoms with Gasteiger partial charge in [0.1, 0.15) is 0 Å². The van der Waals surface area contributed by atoms with Gasteiger partial charge in [0, 0.05) is 0 Å². The lowest BCUT2D eigenvalue weighted by Gasteiger charge is -2.27. The largest absolute Gasteiger partial charge is 0.393 e. The first-order valence-corrected chi connectivity index (χ1v) is 5.79. The van der Waals surface area contributed by atoms with Crippen molar-refractivity contribution in [3.05, 3.63) is 0 Å². The molecule has 0 amide bonds. The van der Waals surface area contributed by atoms with Gasteiger partial charge < -0.3 is 5.11 Å². The normalized spacial score (nSPS) is 28.2. The molecule has 0 unspecified atom stereocenters. The monoisotopic (exact) mass is 186 g/mol. The average Bonchev–Trinajstić information content (AvgIpc) is 2.06. The van der Waals surface area contributed by atoms with Crippen molar-refractivity contribution >= 4 is 0 Å². The topological polar surface area (TPSA) is 20.2 Å². The van der Waals surface area contributed by atoms with E-state index in [1.807, 2.05) is 0 Å². The molecule has 1 heteroatoms. The van der Waals surface area contributed by atoms with Crippen molar-refractivity contribution in [2.45, 2.75) is 65.9 Å². The van der Waals surface area contributed by atoms with E-state index in [0.29, 0.717) is 0 Å². The van der Waals surface area contributed by atoms with Crippen LogP contribution in [-0.4, -0.2) is 11.2 Å². The molecule has 1 aliphatic carbocycles. The van der Waals surface area contributed by atoms with E-state index in [4.69, 9.17) is 0 Å². The zero-order chi connectivity index (χ0) is 10.3. The van der Waals surface area contributed by atoms with E-state index < -0.39 is 0 Å². The van der Waals surface area contributed by atoms with Gasteiger partial charge in [-0.3, -0.25) is 0 Å². The van der Waals surface area contributed by atoms with Crippen molar-refractivity contribution in [2.24, 2.45) is 11.8 Å². The van der Waals surface area contributed by atoms with Crippen LogP contribution in [0.25, 0.3) is 0 Å². The SMILES string of the molecule is CC(C)C1CCC(O)CC1.CCC. The molecule has 13 heavy (non-hydrogen) atoms. The second kappa shape index (κ2) is 7.37. The van der Waals surface area contributed by atoms with Gasteiger partial charge in [-0.25, -0.2) is 0 Å². The third-order valence-electron chi connectivity index (χ3n) is 2.68. The predicted molar refractivity (Wildman–Crippen MR) is 58.8 cm³/mol. The van der Waals surface area contributed by atoms with Gasteiger partial charge in [-0.05, 0) is 37.5 Å². The van der Waals surface area contributed by atoms with Crippen LogP contribution in [0.2, 0.25) is 0 Å². The summed E-state index contributed by atoms with van der Waals surface area (Å²) in [5.74, 6) is 1.69. The molecule has 0 aromatic heterocycles. The van der Waals surface area contributed by atoms with Crippen LogP contribution >= 0.6 is 0 Å². The van der Waals surface area contributed by atoms with Crippen LogP contribution < -0.4 is 0 Å². The molecular weight excluding hydrogens is 160 g/mol. The molecule has 0 heterocycles. The van der Waals surface area contributed by atoms with Crippen LogP contribution in [0.15, 0.2) is 0 Å². The molecular formula is C12H26O. The van der Waals surface area contributed by atoms with Crippen LogP contribution in [0, 0.1) is 11.8 Å². The molecule has 0 aromatic carbocycles. The Morgan fingerprint density at radius 1 is 1.08 bits per heavy atom. The highest BCUT2D eigenvalue weighted by Crippen LogP contribution is 2.29. The van der Waals surface area contributed by atoms with E-state index in [1.165, 1.54) is 19.3 Å².